The summed E-state index contributed by atoms with van der Waals surface area (Å²) in [6.45, 7) is 6.74. The summed E-state index contributed by atoms with van der Waals surface area (Å²) in [6.07, 6.45) is 6.71. The van der Waals surface area contributed by atoms with Gasteiger partial charge in [0.15, 0.2) is 5.82 Å². The number of carbonyl (C=O) groups is 2. The zero-order valence-corrected chi connectivity index (χ0v) is 20.6. The number of aromatic nitrogens is 2. The van der Waals surface area contributed by atoms with Crippen molar-refractivity contribution in [3.8, 4) is 11.4 Å². The third-order valence-electron chi connectivity index (χ3n) is 6.70. The maximum absolute atomic E-state index is 12.9. The number of nitrogens with one attached hydrogen (secondary N) is 3. The normalized spacial score (nSPS) is 17.6. The van der Waals surface area contributed by atoms with E-state index in [1.807, 2.05) is 30.3 Å². The van der Waals surface area contributed by atoms with Crippen molar-refractivity contribution in [3.05, 3.63) is 36.4 Å². The Bertz CT molecular complexity index is 971. The van der Waals surface area contributed by atoms with Gasteiger partial charge >= 0.3 is 0 Å². The van der Waals surface area contributed by atoms with Crippen LogP contribution in [0.1, 0.15) is 39.0 Å². The fourth-order valence-electron chi connectivity index (χ4n) is 4.87. The number of rotatable bonds is 9. The minimum absolute atomic E-state index is 0.0713. The molecule has 9 heteroatoms. The van der Waals surface area contributed by atoms with Crippen LogP contribution in [0.5, 0.6) is 0 Å². The molecule has 1 aromatic heterocycles. The van der Waals surface area contributed by atoms with Crippen LogP contribution in [0.25, 0.3) is 11.4 Å². The lowest BCUT2D eigenvalue weighted by Crippen LogP contribution is -2.52. The minimum atomic E-state index is -0.0769. The fraction of sp³-hybridized carbons (Fsp3) is 0.538. The van der Waals surface area contributed by atoms with E-state index in [-0.39, 0.29) is 11.8 Å². The first-order valence-corrected chi connectivity index (χ1v) is 12.8. The highest BCUT2D eigenvalue weighted by Crippen LogP contribution is 2.24. The molecule has 0 unspecified atom stereocenters. The number of anilines is 2. The second kappa shape index (κ2) is 12.6. The summed E-state index contributed by atoms with van der Waals surface area (Å²) in [5.74, 6) is 1.45. The highest BCUT2D eigenvalue weighted by Gasteiger charge is 2.26. The van der Waals surface area contributed by atoms with E-state index in [1.165, 1.54) is 39.0 Å². The Morgan fingerprint density at radius 1 is 0.943 bits per heavy atom. The van der Waals surface area contributed by atoms with Gasteiger partial charge in [-0.2, -0.15) is 0 Å². The Hall–Kier alpha value is -3.04. The summed E-state index contributed by atoms with van der Waals surface area (Å²) >= 11 is 0. The van der Waals surface area contributed by atoms with Crippen molar-refractivity contribution in [3.63, 3.8) is 0 Å². The average Bonchev–Trinajstić information content (AvgIpc) is 2.88. The fourth-order valence-corrected chi connectivity index (χ4v) is 4.87. The van der Waals surface area contributed by atoms with Crippen LogP contribution in [0.15, 0.2) is 36.4 Å². The third-order valence-corrected chi connectivity index (χ3v) is 6.70. The molecule has 4 rings (SSSR count). The molecule has 1 aliphatic heterocycles. The summed E-state index contributed by atoms with van der Waals surface area (Å²) in [5.41, 5.74) is 0.868. The number of nitrogens with zero attached hydrogens (tertiary/aromatic N) is 4. The summed E-state index contributed by atoms with van der Waals surface area (Å²) in [6, 6.07) is 12.1. The molecule has 1 aromatic carbocycles. The number of hydrogen-bond donors (Lipinski definition) is 3. The van der Waals surface area contributed by atoms with Gasteiger partial charge in [-0.25, -0.2) is 9.97 Å². The van der Waals surface area contributed by atoms with Crippen molar-refractivity contribution < 1.29 is 9.59 Å². The molecule has 2 fully saturated rings. The van der Waals surface area contributed by atoms with Crippen LogP contribution in [0, 0.1) is 0 Å². The van der Waals surface area contributed by atoms with Crippen LogP contribution in [-0.4, -0.2) is 83.4 Å². The Labute approximate surface area is 207 Å². The first-order chi connectivity index (χ1) is 17.1. The highest BCUT2D eigenvalue weighted by molar-refractivity contribution is 5.92. The van der Waals surface area contributed by atoms with E-state index in [1.54, 1.807) is 6.07 Å². The van der Waals surface area contributed by atoms with Crippen LogP contribution < -0.4 is 16.0 Å². The Morgan fingerprint density at radius 2 is 1.66 bits per heavy atom. The molecular formula is C26H37N7O2. The predicted octanol–water partition coefficient (Wildman–Crippen LogP) is 2.58. The monoisotopic (exact) mass is 479 g/mol. The second-order valence-corrected chi connectivity index (χ2v) is 9.39. The van der Waals surface area contributed by atoms with E-state index < -0.39 is 0 Å². The average molecular weight is 480 g/mol. The molecule has 0 radical (unpaired) electrons. The van der Waals surface area contributed by atoms with Crippen molar-refractivity contribution in [2.75, 3.05) is 56.4 Å². The molecule has 0 atom stereocenters. The summed E-state index contributed by atoms with van der Waals surface area (Å²) < 4.78 is 0. The summed E-state index contributed by atoms with van der Waals surface area (Å²) in [5, 5.41) is 8.93. The molecular weight excluding hydrogens is 442 g/mol. The first-order valence-electron chi connectivity index (χ1n) is 12.8. The number of hydrogen-bond acceptors (Lipinski definition) is 7. The second-order valence-electron chi connectivity index (χ2n) is 9.39. The minimum Gasteiger partial charge on any atom is -0.368 e. The van der Waals surface area contributed by atoms with E-state index in [4.69, 9.17) is 0 Å². The van der Waals surface area contributed by atoms with Gasteiger partial charge in [-0.15, -0.1) is 0 Å². The zero-order chi connectivity index (χ0) is 24.5. The van der Waals surface area contributed by atoms with Gasteiger partial charge < -0.3 is 16.0 Å². The van der Waals surface area contributed by atoms with Crippen molar-refractivity contribution in [1.82, 2.24) is 25.1 Å². The maximum atomic E-state index is 12.9. The van der Waals surface area contributed by atoms with Gasteiger partial charge in [0.25, 0.3) is 0 Å². The van der Waals surface area contributed by atoms with E-state index >= 15 is 0 Å². The van der Waals surface area contributed by atoms with Gasteiger partial charge in [0.2, 0.25) is 11.8 Å². The standard InChI is InChI=1S/C26H37N7O2/c1-20(34)27-12-13-28-23-18-24(31-26(30-23)21-8-4-2-5-9-21)29-25(35)19-32-14-16-33(17-15-32)22-10-6-3-7-11-22/h2,4-5,8-9,18,22H,3,6-7,10-17,19H2,1H3,(H,27,34)(H2,28,29,30,31,35). The Balaban J connectivity index is 1.34. The lowest BCUT2D eigenvalue weighted by atomic mass is 9.94. The lowest BCUT2D eigenvalue weighted by molar-refractivity contribution is -0.119. The summed E-state index contributed by atoms with van der Waals surface area (Å²) in [7, 11) is 0. The van der Waals surface area contributed by atoms with Crippen molar-refractivity contribution >= 4 is 23.5 Å². The van der Waals surface area contributed by atoms with Crippen molar-refractivity contribution in [1.29, 1.82) is 0 Å². The Kier molecular flexibility index (Phi) is 9.02. The van der Waals surface area contributed by atoms with Gasteiger partial charge in [0, 0.05) is 63.9 Å². The SMILES string of the molecule is CC(=O)NCCNc1cc(NC(=O)CN2CCN(C3CCCCC3)CC2)nc(-c2ccccc2)n1. The van der Waals surface area contributed by atoms with Gasteiger partial charge in [-0.1, -0.05) is 49.6 Å². The predicted molar refractivity (Wildman–Crippen MR) is 138 cm³/mol. The molecule has 1 saturated carbocycles. The van der Waals surface area contributed by atoms with Crippen LogP contribution in [-0.2, 0) is 9.59 Å². The summed E-state index contributed by atoms with van der Waals surface area (Å²) in [4.78, 5) is 38.0. The number of benzene rings is 1. The van der Waals surface area contributed by atoms with E-state index in [0.717, 1.165) is 37.8 Å². The highest BCUT2D eigenvalue weighted by atomic mass is 16.2. The molecule has 35 heavy (non-hydrogen) atoms. The lowest BCUT2D eigenvalue weighted by Gasteiger charge is -2.40. The molecule has 0 bridgehead atoms. The van der Waals surface area contributed by atoms with Gasteiger partial charge in [0.05, 0.1) is 6.54 Å². The van der Waals surface area contributed by atoms with Crippen LogP contribution in [0.2, 0.25) is 0 Å². The largest absolute Gasteiger partial charge is 0.368 e. The van der Waals surface area contributed by atoms with Crippen LogP contribution in [0.3, 0.4) is 0 Å². The van der Waals surface area contributed by atoms with Gasteiger partial charge in [-0.05, 0) is 12.8 Å². The van der Waals surface area contributed by atoms with Gasteiger partial charge in [-0.3, -0.25) is 19.4 Å². The molecule has 1 saturated heterocycles. The van der Waals surface area contributed by atoms with Crippen molar-refractivity contribution in [2.45, 2.75) is 45.1 Å². The molecule has 2 heterocycles. The van der Waals surface area contributed by atoms with Crippen molar-refractivity contribution in [2.24, 2.45) is 0 Å². The third kappa shape index (κ3) is 7.73. The molecule has 3 N–H and O–H groups in total. The number of piperazine rings is 1. The van der Waals surface area contributed by atoms with E-state index in [2.05, 4.69) is 35.7 Å². The molecule has 2 aliphatic rings. The molecule has 2 amide bonds. The molecule has 9 nitrogen and oxygen atoms in total. The Morgan fingerprint density at radius 3 is 2.37 bits per heavy atom. The molecule has 2 aromatic rings. The van der Waals surface area contributed by atoms with E-state index in [9.17, 15) is 9.59 Å². The van der Waals surface area contributed by atoms with E-state index in [0.29, 0.717) is 37.1 Å². The van der Waals surface area contributed by atoms with Crippen LogP contribution >= 0.6 is 0 Å². The molecule has 0 spiro atoms. The smallest absolute Gasteiger partial charge is 0.239 e. The molecule has 188 valence electrons. The zero-order valence-electron chi connectivity index (χ0n) is 20.6. The molecule has 1 aliphatic carbocycles. The quantitative estimate of drug-likeness (QED) is 0.475. The number of carbonyl (C=O) groups excluding carboxylic acids is 2. The van der Waals surface area contributed by atoms with Crippen LogP contribution in [0.4, 0.5) is 11.6 Å². The first kappa shape index (κ1) is 25.1. The van der Waals surface area contributed by atoms with Gasteiger partial charge in [0.1, 0.15) is 11.6 Å². The number of amides is 2. The maximum Gasteiger partial charge on any atom is 0.239 e. The topological polar surface area (TPSA) is 102 Å².